The van der Waals surface area contributed by atoms with Gasteiger partial charge in [0.2, 0.25) is 0 Å². The van der Waals surface area contributed by atoms with Crippen molar-refractivity contribution in [3.8, 4) is 0 Å². The van der Waals surface area contributed by atoms with Gasteiger partial charge in [-0.15, -0.1) is 0 Å². The molecule has 1 saturated heterocycles. The van der Waals surface area contributed by atoms with Crippen LogP contribution in [0.25, 0.3) is 0 Å². The van der Waals surface area contributed by atoms with E-state index < -0.39 is 5.97 Å². The molecule has 0 aromatic rings. The zero-order valence-electron chi connectivity index (χ0n) is 9.65. The predicted octanol–water partition coefficient (Wildman–Crippen LogP) is 0.328. The van der Waals surface area contributed by atoms with Gasteiger partial charge >= 0.3 is 12.0 Å². The van der Waals surface area contributed by atoms with Crippen LogP contribution < -0.4 is 10.6 Å². The first-order valence-electron chi connectivity index (χ1n) is 6.02. The fraction of sp³-hybridized carbons (Fsp3) is 0.818. The van der Waals surface area contributed by atoms with Crippen molar-refractivity contribution in [1.82, 2.24) is 10.6 Å². The number of nitrogens with one attached hydrogen (secondary N) is 2. The molecule has 0 aromatic carbocycles. The van der Waals surface area contributed by atoms with Gasteiger partial charge in [0.15, 0.2) is 0 Å². The van der Waals surface area contributed by atoms with Crippen molar-refractivity contribution in [2.24, 2.45) is 5.92 Å². The van der Waals surface area contributed by atoms with Crippen LogP contribution in [0.5, 0.6) is 0 Å². The van der Waals surface area contributed by atoms with Crippen molar-refractivity contribution >= 4 is 12.0 Å². The maximum absolute atomic E-state index is 11.6. The summed E-state index contributed by atoms with van der Waals surface area (Å²) in [6.45, 7) is 1.26. The second-order valence-corrected chi connectivity index (χ2v) is 4.72. The second kappa shape index (κ2) is 5.35. The first-order valence-corrected chi connectivity index (χ1v) is 6.02. The number of carbonyl (C=O) groups excluding carboxylic acids is 1. The SMILES string of the molecule is O=C(NC1CCOC1)NC1CCC(C(=O)O)C1. The van der Waals surface area contributed by atoms with Gasteiger partial charge in [-0.05, 0) is 25.7 Å². The first-order chi connectivity index (χ1) is 8.15. The molecule has 0 bridgehead atoms. The third-order valence-corrected chi connectivity index (χ3v) is 3.38. The number of aliphatic carboxylic acids is 1. The molecule has 0 spiro atoms. The Kier molecular flexibility index (Phi) is 3.83. The second-order valence-electron chi connectivity index (χ2n) is 4.72. The Morgan fingerprint density at radius 2 is 1.88 bits per heavy atom. The predicted molar refractivity (Wildman–Crippen MR) is 59.7 cm³/mol. The van der Waals surface area contributed by atoms with Crippen LogP contribution >= 0.6 is 0 Å². The van der Waals surface area contributed by atoms with Gasteiger partial charge in [0.1, 0.15) is 0 Å². The van der Waals surface area contributed by atoms with Crippen molar-refractivity contribution in [1.29, 1.82) is 0 Å². The summed E-state index contributed by atoms with van der Waals surface area (Å²) in [5, 5.41) is 14.5. The van der Waals surface area contributed by atoms with E-state index in [4.69, 9.17) is 9.84 Å². The molecule has 0 aromatic heterocycles. The van der Waals surface area contributed by atoms with Crippen molar-refractivity contribution < 1.29 is 19.4 Å². The number of ether oxygens (including phenoxy) is 1. The van der Waals surface area contributed by atoms with Gasteiger partial charge in [-0.3, -0.25) is 4.79 Å². The smallest absolute Gasteiger partial charge is 0.315 e. The molecule has 2 amide bonds. The number of amides is 2. The van der Waals surface area contributed by atoms with E-state index in [0.717, 1.165) is 12.8 Å². The van der Waals surface area contributed by atoms with Crippen molar-refractivity contribution in [2.75, 3.05) is 13.2 Å². The molecule has 2 fully saturated rings. The van der Waals surface area contributed by atoms with Crippen LogP contribution in [-0.2, 0) is 9.53 Å². The largest absolute Gasteiger partial charge is 0.481 e. The summed E-state index contributed by atoms with van der Waals surface area (Å²) < 4.78 is 5.16. The fourth-order valence-electron chi connectivity index (χ4n) is 2.40. The maximum atomic E-state index is 11.6. The molecule has 2 rings (SSSR count). The minimum absolute atomic E-state index is 0.0154. The minimum Gasteiger partial charge on any atom is -0.481 e. The van der Waals surface area contributed by atoms with Gasteiger partial charge in [-0.25, -0.2) is 4.79 Å². The lowest BCUT2D eigenvalue weighted by Gasteiger charge is -2.16. The quantitative estimate of drug-likeness (QED) is 0.665. The van der Waals surface area contributed by atoms with E-state index in [0.29, 0.717) is 26.1 Å². The maximum Gasteiger partial charge on any atom is 0.315 e. The van der Waals surface area contributed by atoms with Crippen LogP contribution in [-0.4, -0.2) is 42.4 Å². The number of rotatable bonds is 3. The number of carboxylic acid groups (broad SMARTS) is 1. The van der Waals surface area contributed by atoms with E-state index in [-0.39, 0.29) is 24.0 Å². The number of urea groups is 1. The van der Waals surface area contributed by atoms with Gasteiger partial charge in [0.05, 0.1) is 18.6 Å². The highest BCUT2D eigenvalue weighted by Crippen LogP contribution is 2.25. The zero-order valence-corrected chi connectivity index (χ0v) is 9.65. The molecule has 17 heavy (non-hydrogen) atoms. The summed E-state index contributed by atoms with van der Waals surface area (Å²) >= 11 is 0. The summed E-state index contributed by atoms with van der Waals surface area (Å²) in [7, 11) is 0. The molecule has 96 valence electrons. The molecule has 6 nitrogen and oxygen atoms in total. The van der Waals surface area contributed by atoms with Gasteiger partial charge in [0.25, 0.3) is 0 Å². The molecule has 2 aliphatic rings. The topological polar surface area (TPSA) is 87.7 Å². The standard InChI is InChI=1S/C11H18N2O4/c14-10(15)7-1-2-8(5-7)12-11(16)13-9-3-4-17-6-9/h7-9H,1-6H2,(H,14,15)(H2,12,13,16). The number of carbonyl (C=O) groups is 2. The summed E-state index contributed by atoms with van der Waals surface area (Å²) in [6, 6.07) is -0.137. The van der Waals surface area contributed by atoms with E-state index in [1.807, 2.05) is 0 Å². The Labute approximate surface area is 99.7 Å². The average Bonchev–Trinajstić information content (AvgIpc) is 2.88. The van der Waals surface area contributed by atoms with Crippen LogP contribution in [0.4, 0.5) is 4.79 Å². The molecule has 1 aliphatic heterocycles. The van der Waals surface area contributed by atoms with Gasteiger partial charge in [-0.1, -0.05) is 0 Å². The number of carboxylic acids is 1. The first kappa shape index (κ1) is 12.2. The molecule has 6 heteroatoms. The summed E-state index contributed by atoms with van der Waals surface area (Å²) in [5.41, 5.74) is 0. The van der Waals surface area contributed by atoms with Crippen molar-refractivity contribution in [3.63, 3.8) is 0 Å². The molecular weight excluding hydrogens is 224 g/mol. The molecule has 3 unspecified atom stereocenters. The van der Waals surface area contributed by atoms with E-state index >= 15 is 0 Å². The van der Waals surface area contributed by atoms with Crippen molar-refractivity contribution in [2.45, 2.75) is 37.8 Å². The minimum atomic E-state index is -0.765. The van der Waals surface area contributed by atoms with Crippen LogP contribution in [0.15, 0.2) is 0 Å². The van der Waals surface area contributed by atoms with E-state index in [9.17, 15) is 9.59 Å². The third kappa shape index (κ3) is 3.33. The molecule has 3 N–H and O–H groups in total. The summed E-state index contributed by atoms with van der Waals surface area (Å²) in [5.74, 6) is -1.07. The fourth-order valence-corrected chi connectivity index (χ4v) is 2.40. The number of hydrogen-bond acceptors (Lipinski definition) is 3. The molecule has 0 radical (unpaired) electrons. The monoisotopic (exact) mass is 242 g/mol. The average molecular weight is 242 g/mol. The van der Waals surface area contributed by atoms with E-state index in [1.54, 1.807) is 0 Å². The van der Waals surface area contributed by atoms with Crippen LogP contribution in [0.2, 0.25) is 0 Å². The van der Waals surface area contributed by atoms with Crippen LogP contribution in [0, 0.1) is 5.92 Å². The Hall–Kier alpha value is -1.30. The highest BCUT2D eigenvalue weighted by molar-refractivity contribution is 5.75. The summed E-state index contributed by atoms with van der Waals surface area (Å²) in [4.78, 5) is 22.4. The molecule has 1 aliphatic carbocycles. The lowest BCUT2D eigenvalue weighted by atomic mass is 10.1. The highest BCUT2D eigenvalue weighted by Gasteiger charge is 2.30. The third-order valence-electron chi connectivity index (χ3n) is 3.38. The van der Waals surface area contributed by atoms with E-state index in [1.165, 1.54) is 0 Å². The lowest BCUT2D eigenvalue weighted by molar-refractivity contribution is -0.141. The van der Waals surface area contributed by atoms with Crippen LogP contribution in [0.3, 0.4) is 0 Å². The Balaban J connectivity index is 1.70. The van der Waals surface area contributed by atoms with Gasteiger partial charge < -0.3 is 20.5 Å². The molecule has 1 saturated carbocycles. The Bertz CT molecular complexity index is 302. The summed E-state index contributed by atoms with van der Waals surface area (Å²) in [6.07, 6.45) is 2.76. The number of hydrogen-bond donors (Lipinski definition) is 3. The lowest BCUT2D eigenvalue weighted by Crippen LogP contribution is -2.45. The highest BCUT2D eigenvalue weighted by atomic mass is 16.5. The zero-order chi connectivity index (χ0) is 12.3. The van der Waals surface area contributed by atoms with Crippen molar-refractivity contribution in [3.05, 3.63) is 0 Å². The van der Waals surface area contributed by atoms with E-state index in [2.05, 4.69) is 10.6 Å². The van der Waals surface area contributed by atoms with Gasteiger partial charge in [-0.2, -0.15) is 0 Å². The Morgan fingerprint density at radius 3 is 2.47 bits per heavy atom. The molecule has 1 heterocycles. The van der Waals surface area contributed by atoms with Crippen LogP contribution in [0.1, 0.15) is 25.7 Å². The Morgan fingerprint density at radius 1 is 1.12 bits per heavy atom. The normalized spacial score (nSPS) is 32.4. The molecule has 3 atom stereocenters. The van der Waals surface area contributed by atoms with Gasteiger partial charge in [0, 0.05) is 12.6 Å². The molecular formula is C11H18N2O4.